The number of carboxylic acids is 1. The SMILES string of the molecule is Cc1ccc(-c2ccc(C=C3C(=O)NC(=O)N(c4cccc(Br)c4)C3=O)o2)cc1C(=O)O. The highest BCUT2D eigenvalue weighted by Gasteiger charge is 2.37. The van der Waals surface area contributed by atoms with Crippen LogP contribution in [0, 0.1) is 6.92 Å². The molecule has 32 heavy (non-hydrogen) atoms. The second kappa shape index (κ2) is 8.27. The van der Waals surface area contributed by atoms with Crippen molar-refractivity contribution in [2.24, 2.45) is 0 Å². The van der Waals surface area contributed by atoms with Gasteiger partial charge in [0.2, 0.25) is 0 Å². The molecule has 4 amide bonds. The van der Waals surface area contributed by atoms with Crippen LogP contribution in [0.1, 0.15) is 21.7 Å². The van der Waals surface area contributed by atoms with Gasteiger partial charge in [-0.2, -0.15) is 0 Å². The van der Waals surface area contributed by atoms with Crippen LogP contribution in [0.15, 0.2) is 69.1 Å². The van der Waals surface area contributed by atoms with Gasteiger partial charge in [-0.1, -0.05) is 34.1 Å². The molecule has 1 aliphatic rings. The number of carbonyl (C=O) groups excluding carboxylic acids is 3. The lowest BCUT2D eigenvalue weighted by Gasteiger charge is -2.26. The van der Waals surface area contributed by atoms with E-state index in [1.807, 2.05) is 0 Å². The quantitative estimate of drug-likeness (QED) is 0.410. The van der Waals surface area contributed by atoms with E-state index in [2.05, 4.69) is 21.2 Å². The van der Waals surface area contributed by atoms with Crippen LogP contribution >= 0.6 is 15.9 Å². The van der Waals surface area contributed by atoms with E-state index in [0.717, 1.165) is 4.90 Å². The summed E-state index contributed by atoms with van der Waals surface area (Å²) in [5.74, 6) is -2.13. The first-order valence-corrected chi connectivity index (χ1v) is 10.1. The number of nitrogens with one attached hydrogen (secondary N) is 1. The van der Waals surface area contributed by atoms with Gasteiger partial charge in [0.25, 0.3) is 11.8 Å². The minimum Gasteiger partial charge on any atom is -0.478 e. The molecular weight excluding hydrogens is 480 g/mol. The summed E-state index contributed by atoms with van der Waals surface area (Å²) < 4.78 is 6.38. The van der Waals surface area contributed by atoms with Gasteiger partial charge in [0, 0.05) is 10.0 Å². The molecule has 2 N–H and O–H groups in total. The van der Waals surface area contributed by atoms with Gasteiger partial charge in [-0.15, -0.1) is 0 Å². The molecule has 0 unspecified atom stereocenters. The number of aromatic carboxylic acids is 1. The van der Waals surface area contributed by atoms with Crippen molar-refractivity contribution in [2.45, 2.75) is 6.92 Å². The zero-order valence-electron chi connectivity index (χ0n) is 16.6. The van der Waals surface area contributed by atoms with E-state index in [0.29, 0.717) is 27.0 Å². The lowest BCUT2D eigenvalue weighted by atomic mass is 10.0. The Labute approximate surface area is 190 Å². The van der Waals surface area contributed by atoms with Crippen molar-refractivity contribution in [2.75, 3.05) is 4.90 Å². The van der Waals surface area contributed by atoms with E-state index in [-0.39, 0.29) is 16.9 Å². The number of furan rings is 1. The summed E-state index contributed by atoms with van der Waals surface area (Å²) in [5.41, 5.74) is 1.30. The predicted octanol–water partition coefficient (Wildman–Crippen LogP) is 4.38. The van der Waals surface area contributed by atoms with Crippen LogP contribution in [0.5, 0.6) is 0 Å². The summed E-state index contributed by atoms with van der Waals surface area (Å²) in [6, 6.07) is 13.7. The molecule has 0 aliphatic carbocycles. The first-order valence-electron chi connectivity index (χ1n) is 9.36. The molecule has 2 aromatic carbocycles. The number of halogens is 1. The number of aryl methyl sites for hydroxylation is 1. The highest BCUT2D eigenvalue weighted by atomic mass is 79.9. The third kappa shape index (κ3) is 3.97. The lowest BCUT2D eigenvalue weighted by Crippen LogP contribution is -2.54. The second-order valence-corrected chi connectivity index (χ2v) is 7.89. The van der Waals surface area contributed by atoms with E-state index >= 15 is 0 Å². The summed E-state index contributed by atoms with van der Waals surface area (Å²) in [7, 11) is 0. The predicted molar refractivity (Wildman–Crippen MR) is 119 cm³/mol. The number of hydrogen-bond donors (Lipinski definition) is 2. The number of hydrogen-bond acceptors (Lipinski definition) is 5. The lowest BCUT2D eigenvalue weighted by molar-refractivity contribution is -0.122. The number of carboxylic acid groups (broad SMARTS) is 1. The topological polar surface area (TPSA) is 117 Å². The standard InChI is InChI=1S/C23H15BrN2O6/c1-12-5-6-13(9-17(12)22(29)30)19-8-7-16(32-19)11-18-20(27)25-23(31)26(21(18)28)15-4-2-3-14(24)10-15/h2-11H,1H3,(H,29,30)(H,25,27,31). The number of benzene rings is 2. The fourth-order valence-corrected chi connectivity index (χ4v) is 3.63. The number of amides is 4. The molecule has 3 aromatic rings. The van der Waals surface area contributed by atoms with Crippen molar-refractivity contribution in [3.63, 3.8) is 0 Å². The Morgan fingerprint density at radius 3 is 2.59 bits per heavy atom. The average Bonchev–Trinajstić information content (AvgIpc) is 3.20. The van der Waals surface area contributed by atoms with Gasteiger partial charge in [0.15, 0.2) is 0 Å². The largest absolute Gasteiger partial charge is 0.478 e. The fourth-order valence-electron chi connectivity index (χ4n) is 3.24. The van der Waals surface area contributed by atoms with Gasteiger partial charge in [-0.05, 0) is 55.0 Å². The summed E-state index contributed by atoms with van der Waals surface area (Å²) in [5, 5.41) is 11.5. The fraction of sp³-hybridized carbons (Fsp3) is 0.0435. The molecule has 4 rings (SSSR count). The van der Waals surface area contributed by atoms with Gasteiger partial charge in [-0.3, -0.25) is 14.9 Å². The number of barbiturate groups is 1. The van der Waals surface area contributed by atoms with Crippen molar-refractivity contribution in [1.82, 2.24) is 5.32 Å². The van der Waals surface area contributed by atoms with Crippen LogP contribution in [0.25, 0.3) is 17.4 Å². The number of imide groups is 2. The van der Waals surface area contributed by atoms with Gasteiger partial charge in [-0.25, -0.2) is 14.5 Å². The van der Waals surface area contributed by atoms with Crippen LogP contribution in [0.4, 0.5) is 10.5 Å². The molecule has 9 heteroatoms. The Balaban J connectivity index is 1.68. The maximum Gasteiger partial charge on any atom is 0.335 e. The van der Waals surface area contributed by atoms with Crippen LogP contribution in [0.2, 0.25) is 0 Å². The van der Waals surface area contributed by atoms with E-state index in [9.17, 15) is 24.3 Å². The average molecular weight is 495 g/mol. The molecular formula is C23H15BrN2O6. The molecule has 1 aromatic heterocycles. The van der Waals surface area contributed by atoms with Crippen molar-refractivity contribution in [3.05, 3.63) is 81.5 Å². The number of carbonyl (C=O) groups is 4. The van der Waals surface area contributed by atoms with Crippen LogP contribution in [0.3, 0.4) is 0 Å². The maximum atomic E-state index is 13.0. The van der Waals surface area contributed by atoms with Crippen molar-refractivity contribution in [3.8, 4) is 11.3 Å². The van der Waals surface area contributed by atoms with Crippen LogP contribution in [-0.4, -0.2) is 28.9 Å². The van der Waals surface area contributed by atoms with Crippen molar-refractivity contribution >= 4 is 51.5 Å². The third-order valence-corrected chi connectivity index (χ3v) is 5.33. The normalized spacial score (nSPS) is 15.2. The summed E-state index contributed by atoms with van der Waals surface area (Å²) in [6.07, 6.45) is 1.24. The molecule has 0 bridgehead atoms. The number of nitrogens with zero attached hydrogens (tertiary/aromatic N) is 1. The van der Waals surface area contributed by atoms with Gasteiger partial charge in [0.1, 0.15) is 17.1 Å². The highest BCUT2D eigenvalue weighted by Crippen LogP contribution is 2.28. The van der Waals surface area contributed by atoms with Gasteiger partial charge in [0.05, 0.1) is 11.3 Å². The minimum absolute atomic E-state index is 0.142. The molecule has 0 spiro atoms. The van der Waals surface area contributed by atoms with Crippen LogP contribution < -0.4 is 10.2 Å². The molecule has 0 saturated carbocycles. The van der Waals surface area contributed by atoms with Crippen molar-refractivity contribution in [1.29, 1.82) is 0 Å². The molecule has 2 heterocycles. The van der Waals surface area contributed by atoms with Crippen LogP contribution in [-0.2, 0) is 9.59 Å². The van der Waals surface area contributed by atoms with Gasteiger partial charge >= 0.3 is 12.0 Å². The number of rotatable bonds is 4. The van der Waals surface area contributed by atoms with Crippen molar-refractivity contribution < 1.29 is 28.7 Å². The molecule has 0 radical (unpaired) electrons. The Hall–Kier alpha value is -3.98. The summed E-state index contributed by atoms with van der Waals surface area (Å²) >= 11 is 3.29. The maximum absolute atomic E-state index is 13.0. The zero-order chi connectivity index (χ0) is 23.0. The molecule has 1 aliphatic heterocycles. The molecule has 8 nitrogen and oxygen atoms in total. The first kappa shape index (κ1) is 21.3. The second-order valence-electron chi connectivity index (χ2n) is 6.97. The molecule has 160 valence electrons. The Bertz CT molecular complexity index is 1320. The Kier molecular flexibility index (Phi) is 5.50. The third-order valence-electron chi connectivity index (χ3n) is 4.83. The first-order chi connectivity index (χ1) is 15.2. The Morgan fingerprint density at radius 2 is 1.88 bits per heavy atom. The van der Waals surface area contributed by atoms with E-state index in [1.54, 1.807) is 55.5 Å². The molecule has 0 atom stereocenters. The summed E-state index contributed by atoms with van der Waals surface area (Å²) in [4.78, 5) is 49.8. The van der Waals surface area contributed by atoms with E-state index in [1.165, 1.54) is 12.1 Å². The highest BCUT2D eigenvalue weighted by molar-refractivity contribution is 9.10. The summed E-state index contributed by atoms with van der Waals surface area (Å²) in [6.45, 7) is 1.69. The molecule has 1 saturated heterocycles. The smallest absolute Gasteiger partial charge is 0.335 e. The van der Waals surface area contributed by atoms with E-state index < -0.39 is 23.8 Å². The van der Waals surface area contributed by atoms with Gasteiger partial charge < -0.3 is 9.52 Å². The Morgan fingerprint density at radius 1 is 1.09 bits per heavy atom. The number of anilines is 1. The zero-order valence-corrected chi connectivity index (χ0v) is 18.2. The van der Waals surface area contributed by atoms with E-state index in [4.69, 9.17) is 4.42 Å². The number of urea groups is 1. The molecule has 1 fully saturated rings. The minimum atomic E-state index is -1.06. The monoisotopic (exact) mass is 494 g/mol.